The van der Waals surface area contributed by atoms with Crippen LogP contribution in [-0.2, 0) is 0 Å². The second kappa shape index (κ2) is 18.9. The molecule has 0 aliphatic carbocycles. The second-order valence-electron chi connectivity index (χ2n) is 6.29. The van der Waals surface area contributed by atoms with Gasteiger partial charge in [-0.2, -0.15) is 0 Å². The van der Waals surface area contributed by atoms with E-state index in [0.717, 1.165) is 12.8 Å². The number of unbranched alkanes of at least 4 members (excludes halogenated alkanes) is 9. The summed E-state index contributed by atoms with van der Waals surface area (Å²) in [5, 5.41) is 25.6. The third-order valence-corrected chi connectivity index (χ3v) is 3.57. The maximum absolute atomic E-state index is 7.36. The Balaban J connectivity index is 0. The van der Waals surface area contributed by atoms with Crippen LogP contribution in [0.5, 0.6) is 0 Å². The second-order valence-corrected chi connectivity index (χ2v) is 6.29. The number of nitrogens with one attached hydrogen (secondary N) is 5. The largest absolute Gasteiger partial charge is 0.369 e. The molecule has 0 bridgehead atoms. The van der Waals surface area contributed by atoms with Crippen LogP contribution in [0.25, 0.3) is 0 Å². The Morgan fingerprint density at radius 2 is 1.11 bits per heavy atom. The summed E-state index contributed by atoms with van der Waals surface area (Å²) in [7, 11) is 0. The lowest BCUT2D eigenvalue weighted by Gasteiger charge is -2.16. The van der Waals surface area contributed by atoms with Crippen LogP contribution in [0.4, 0.5) is 0 Å². The summed E-state index contributed by atoms with van der Waals surface area (Å²) in [5.74, 6) is -0.734. The molecule has 12 heteroatoms. The van der Waals surface area contributed by atoms with Crippen LogP contribution >= 0.6 is 0 Å². The highest BCUT2D eigenvalue weighted by molar-refractivity contribution is 5.80. The maximum atomic E-state index is 7.36. The first-order valence-electron chi connectivity index (χ1n) is 9.61. The molecule has 0 aromatic rings. The van der Waals surface area contributed by atoms with Crippen molar-refractivity contribution < 1.29 is 0 Å². The Bertz CT molecular complexity index is 445. The van der Waals surface area contributed by atoms with Crippen LogP contribution in [0, 0.1) is 16.2 Å². The van der Waals surface area contributed by atoms with Crippen molar-refractivity contribution in [1.29, 1.82) is 16.2 Å². The van der Waals surface area contributed by atoms with Crippen molar-refractivity contribution in [3.8, 4) is 0 Å². The van der Waals surface area contributed by atoms with E-state index in [1.165, 1.54) is 56.4 Å². The van der Waals surface area contributed by atoms with Crippen molar-refractivity contribution >= 4 is 23.8 Å². The van der Waals surface area contributed by atoms with Crippen molar-refractivity contribution in [3.63, 3.8) is 0 Å². The molecule has 15 N–H and O–H groups in total. The molecule has 0 fully saturated rings. The average Bonchev–Trinajstić information content (AvgIpc) is 2.60. The Kier molecular flexibility index (Phi) is 18.4. The maximum Gasteiger partial charge on any atom is 0.209 e. The molecular formula is C16H40N12. The Morgan fingerprint density at radius 1 is 0.714 bits per heavy atom. The number of hydrogen-bond acceptors (Lipinski definition) is 4. The van der Waals surface area contributed by atoms with Gasteiger partial charge in [0.2, 0.25) is 23.8 Å². The minimum Gasteiger partial charge on any atom is -0.369 e. The van der Waals surface area contributed by atoms with Crippen LogP contribution < -0.4 is 39.5 Å². The predicted molar refractivity (Wildman–Crippen MR) is 116 cm³/mol. The number of hydrogen-bond donors (Lipinski definition) is 10. The average molecular weight is 401 g/mol. The van der Waals surface area contributed by atoms with Gasteiger partial charge in [-0.1, -0.05) is 64.7 Å². The van der Waals surface area contributed by atoms with Gasteiger partial charge in [-0.15, -0.1) is 5.10 Å². The van der Waals surface area contributed by atoms with Crippen molar-refractivity contribution in [2.75, 3.05) is 6.54 Å². The van der Waals surface area contributed by atoms with Crippen LogP contribution in [0.1, 0.15) is 71.1 Å². The molecule has 0 amide bonds. The monoisotopic (exact) mass is 400 g/mol. The van der Waals surface area contributed by atoms with Gasteiger partial charge in [-0.05, 0) is 6.42 Å². The van der Waals surface area contributed by atoms with E-state index in [2.05, 4.69) is 22.9 Å². The van der Waals surface area contributed by atoms with E-state index in [-0.39, 0.29) is 23.8 Å². The molecule has 0 saturated carbocycles. The van der Waals surface area contributed by atoms with E-state index < -0.39 is 0 Å². The molecule has 0 heterocycles. The van der Waals surface area contributed by atoms with Crippen LogP contribution in [-0.4, -0.2) is 35.4 Å². The third-order valence-electron chi connectivity index (χ3n) is 3.57. The van der Waals surface area contributed by atoms with Crippen LogP contribution in [0.3, 0.4) is 0 Å². The lowest BCUT2D eigenvalue weighted by molar-refractivity contribution is 0.412. The predicted octanol–water partition coefficient (Wildman–Crippen LogP) is 0.159. The topological polar surface area (TPSA) is 241 Å². The van der Waals surface area contributed by atoms with Gasteiger partial charge in [-0.3, -0.25) is 27.1 Å². The molecular weight excluding hydrogens is 360 g/mol. The first-order chi connectivity index (χ1) is 13.2. The van der Waals surface area contributed by atoms with Crippen molar-refractivity contribution in [2.45, 2.75) is 71.1 Å². The highest BCUT2D eigenvalue weighted by atomic mass is 15.5. The summed E-state index contributed by atoms with van der Waals surface area (Å²) in [5.41, 5.74) is 29.8. The first kappa shape index (κ1) is 27.3. The molecule has 12 nitrogen and oxygen atoms in total. The highest BCUT2D eigenvalue weighted by Crippen LogP contribution is 2.10. The number of rotatable bonds is 12. The van der Waals surface area contributed by atoms with Gasteiger partial charge in [0.05, 0.1) is 0 Å². The standard InChI is InChI=1S/C14H32N6.C2H8N6/c1-2-3-4-5-6-7-8-9-10-11-12-20(14(17)18)19-13(15)16;3-1(4)7-8-2(5)6/h2-12H2,1H3,(H3,17,18)(H4,15,16,19);(H4,3,4,7)(H4,5,6,8). The summed E-state index contributed by atoms with van der Waals surface area (Å²) >= 11 is 0. The summed E-state index contributed by atoms with van der Waals surface area (Å²) < 4.78 is 0. The van der Waals surface area contributed by atoms with Gasteiger partial charge >= 0.3 is 0 Å². The smallest absolute Gasteiger partial charge is 0.209 e. The van der Waals surface area contributed by atoms with Gasteiger partial charge in [0.15, 0.2) is 0 Å². The minimum absolute atomic E-state index is 0.0627. The van der Waals surface area contributed by atoms with Gasteiger partial charge in [0.1, 0.15) is 0 Å². The molecule has 0 spiro atoms. The molecule has 0 unspecified atom stereocenters. The Hall–Kier alpha value is -2.92. The Labute approximate surface area is 168 Å². The fourth-order valence-corrected chi connectivity index (χ4v) is 2.25. The molecule has 28 heavy (non-hydrogen) atoms. The molecule has 0 aromatic heterocycles. The van der Waals surface area contributed by atoms with Crippen LogP contribution in [0.15, 0.2) is 5.10 Å². The van der Waals surface area contributed by atoms with Gasteiger partial charge < -0.3 is 28.7 Å². The highest BCUT2D eigenvalue weighted by Gasteiger charge is 2.04. The molecule has 0 saturated heterocycles. The van der Waals surface area contributed by atoms with E-state index >= 15 is 0 Å². The first-order valence-corrected chi connectivity index (χ1v) is 9.61. The molecule has 0 aliphatic rings. The quantitative estimate of drug-likeness (QED) is 0.0933. The van der Waals surface area contributed by atoms with E-state index in [9.17, 15) is 0 Å². The van der Waals surface area contributed by atoms with Crippen LogP contribution in [0.2, 0.25) is 0 Å². The summed E-state index contributed by atoms with van der Waals surface area (Å²) in [6, 6.07) is 0. The fraction of sp³-hybridized carbons (Fsp3) is 0.750. The minimum atomic E-state index is -0.278. The zero-order valence-corrected chi connectivity index (χ0v) is 17.1. The number of nitrogens with zero attached hydrogens (tertiary/aromatic N) is 2. The third kappa shape index (κ3) is 23.1. The zero-order chi connectivity index (χ0) is 21.8. The summed E-state index contributed by atoms with van der Waals surface area (Å²) in [6.07, 6.45) is 12.7. The molecule has 0 atom stereocenters. The van der Waals surface area contributed by atoms with E-state index in [1.54, 1.807) is 0 Å². The fourth-order valence-electron chi connectivity index (χ4n) is 2.25. The van der Waals surface area contributed by atoms with Crippen molar-refractivity contribution in [2.24, 2.45) is 33.8 Å². The number of hydrazone groups is 1. The molecule has 0 rings (SSSR count). The molecule has 0 aliphatic heterocycles. The number of hydrazine groups is 1. The SMILES string of the molecule is CCCCCCCCCCCCN(N=C(N)N)C(=N)N.N=C(N)NNC(=N)N. The van der Waals surface area contributed by atoms with Gasteiger partial charge in [0, 0.05) is 6.54 Å². The van der Waals surface area contributed by atoms with Gasteiger partial charge in [0.25, 0.3) is 0 Å². The van der Waals surface area contributed by atoms with Crippen molar-refractivity contribution in [1.82, 2.24) is 15.9 Å². The molecule has 0 aromatic carbocycles. The Morgan fingerprint density at radius 3 is 1.43 bits per heavy atom. The lowest BCUT2D eigenvalue weighted by atomic mass is 10.1. The van der Waals surface area contributed by atoms with Crippen molar-refractivity contribution in [3.05, 3.63) is 0 Å². The van der Waals surface area contributed by atoms with E-state index in [4.69, 9.17) is 44.9 Å². The number of nitrogens with two attached hydrogens (primary N) is 5. The van der Waals surface area contributed by atoms with E-state index in [0.29, 0.717) is 6.54 Å². The normalized spacial score (nSPS) is 9.46. The molecule has 164 valence electrons. The lowest BCUT2D eigenvalue weighted by Crippen LogP contribution is -2.47. The molecule has 0 radical (unpaired) electrons. The van der Waals surface area contributed by atoms with E-state index in [1.807, 2.05) is 0 Å². The number of guanidine groups is 4. The summed E-state index contributed by atoms with van der Waals surface area (Å²) in [6.45, 7) is 2.84. The summed E-state index contributed by atoms with van der Waals surface area (Å²) in [4.78, 5) is 0. The zero-order valence-electron chi connectivity index (χ0n) is 17.1. The van der Waals surface area contributed by atoms with Gasteiger partial charge in [-0.25, -0.2) is 5.01 Å².